The first-order valence-electron chi connectivity index (χ1n) is 4.09. The van der Waals surface area contributed by atoms with Gasteiger partial charge < -0.3 is 15.3 Å². The molecule has 2 unspecified atom stereocenters. The minimum Gasteiger partial charge on any atom is -0.393 e. The summed E-state index contributed by atoms with van der Waals surface area (Å²) in [7, 11) is 3.37. The summed E-state index contributed by atoms with van der Waals surface area (Å²) in [6, 6.07) is -0.108. The van der Waals surface area contributed by atoms with E-state index in [0.29, 0.717) is 6.42 Å². The molecule has 0 aromatic rings. The Bertz CT molecular complexity index is 146. The highest BCUT2D eigenvalue weighted by Crippen LogP contribution is 1.96. The van der Waals surface area contributed by atoms with Gasteiger partial charge >= 0.3 is 6.03 Å². The average molecular weight is 174 g/mol. The van der Waals surface area contributed by atoms with E-state index in [1.807, 2.05) is 6.92 Å². The number of nitrogens with zero attached hydrogens (tertiary/aromatic N) is 1. The molecular weight excluding hydrogens is 156 g/mol. The van der Waals surface area contributed by atoms with Crippen LogP contribution < -0.4 is 5.32 Å². The van der Waals surface area contributed by atoms with Gasteiger partial charge in [-0.15, -0.1) is 0 Å². The van der Waals surface area contributed by atoms with Crippen LogP contribution in [-0.4, -0.2) is 42.3 Å². The highest BCUT2D eigenvalue weighted by atomic mass is 16.3. The summed E-state index contributed by atoms with van der Waals surface area (Å²) in [6.45, 7) is 3.58. The highest BCUT2D eigenvalue weighted by Gasteiger charge is 2.10. The van der Waals surface area contributed by atoms with Crippen molar-refractivity contribution in [3.05, 3.63) is 0 Å². The molecule has 72 valence electrons. The van der Waals surface area contributed by atoms with Crippen LogP contribution in [0.3, 0.4) is 0 Å². The van der Waals surface area contributed by atoms with Crippen LogP contribution in [0, 0.1) is 0 Å². The van der Waals surface area contributed by atoms with Crippen molar-refractivity contribution in [2.45, 2.75) is 32.4 Å². The zero-order valence-corrected chi connectivity index (χ0v) is 8.16. The van der Waals surface area contributed by atoms with E-state index in [2.05, 4.69) is 5.32 Å². The second-order valence-electron chi connectivity index (χ2n) is 3.33. The standard InChI is InChI=1S/C8H18N2O2/c1-6(5-7(2)11)9-8(12)10(3)4/h6-7,11H,5H2,1-4H3,(H,9,12). The van der Waals surface area contributed by atoms with Crippen LogP contribution in [0.1, 0.15) is 20.3 Å². The van der Waals surface area contributed by atoms with Crippen molar-refractivity contribution < 1.29 is 9.90 Å². The van der Waals surface area contributed by atoms with Crippen molar-refractivity contribution in [2.75, 3.05) is 14.1 Å². The molecule has 0 saturated carbocycles. The Kier molecular flexibility index (Phi) is 4.66. The Labute approximate surface area is 73.6 Å². The lowest BCUT2D eigenvalue weighted by Gasteiger charge is -2.18. The quantitative estimate of drug-likeness (QED) is 0.651. The van der Waals surface area contributed by atoms with Crippen molar-refractivity contribution >= 4 is 6.03 Å². The monoisotopic (exact) mass is 174 g/mol. The van der Waals surface area contributed by atoms with Crippen molar-refractivity contribution in [2.24, 2.45) is 0 Å². The van der Waals surface area contributed by atoms with Gasteiger partial charge in [0.25, 0.3) is 0 Å². The van der Waals surface area contributed by atoms with Crippen molar-refractivity contribution in [1.82, 2.24) is 10.2 Å². The zero-order valence-electron chi connectivity index (χ0n) is 8.16. The second kappa shape index (κ2) is 4.98. The minimum absolute atomic E-state index is 0.0138. The summed E-state index contributed by atoms with van der Waals surface area (Å²) in [5, 5.41) is 11.7. The summed E-state index contributed by atoms with van der Waals surface area (Å²) in [5.74, 6) is 0. The fraction of sp³-hybridized carbons (Fsp3) is 0.875. The third-order valence-corrected chi connectivity index (χ3v) is 1.47. The molecule has 0 heterocycles. The molecule has 0 saturated heterocycles. The maximum atomic E-state index is 11.1. The molecule has 2 amide bonds. The molecule has 2 N–H and O–H groups in total. The Morgan fingerprint density at radius 2 is 2.00 bits per heavy atom. The minimum atomic E-state index is -0.373. The molecule has 12 heavy (non-hydrogen) atoms. The number of nitrogens with one attached hydrogen (secondary N) is 1. The maximum absolute atomic E-state index is 11.1. The van der Waals surface area contributed by atoms with Gasteiger partial charge in [0, 0.05) is 20.1 Å². The van der Waals surface area contributed by atoms with E-state index in [1.54, 1.807) is 21.0 Å². The van der Waals surface area contributed by atoms with Crippen LogP contribution >= 0.6 is 0 Å². The molecule has 0 aliphatic rings. The van der Waals surface area contributed by atoms with Crippen molar-refractivity contribution in [3.63, 3.8) is 0 Å². The Morgan fingerprint density at radius 3 is 2.33 bits per heavy atom. The molecule has 0 fully saturated rings. The summed E-state index contributed by atoms with van der Waals surface area (Å²) in [4.78, 5) is 12.5. The van der Waals surface area contributed by atoms with Gasteiger partial charge in [0.05, 0.1) is 6.10 Å². The Morgan fingerprint density at radius 1 is 1.50 bits per heavy atom. The van der Waals surface area contributed by atoms with E-state index in [4.69, 9.17) is 5.11 Å². The normalized spacial score (nSPS) is 15.1. The topological polar surface area (TPSA) is 52.6 Å². The first-order valence-corrected chi connectivity index (χ1v) is 4.09. The Balaban J connectivity index is 3.69. The van der Waals surface area contributed by atoms with Crippen molar-refractivity contribution in [1.29, 1.82) is 0 Å². The predicted octanol–water partition coefficient (Wildman–Crippen LogP) is 0.417. The molecule has 4 heteroatoms. The lowest BCUT2D eigenvalue weighted by Crippen LogP contribution is -2.41. The van der Waals surface area contributed by atoms with Gasteiger partial charge in [-0.05, 0) is 20.3 Å². The number of amides is 2. The fourth-order valence-corrected chi connectivity index (χ4v) is 0.910. The number of rotatable bonds is 3. The lowest BCUT2D eigenvalue weighted by molar-refractivity contribution is 0.167. The number of hydrogen-bond acceptors (Lipinski definition) is 2. The van der Waals surface area contributed by atoms with Gasteiger partial charge in [0.15, 0.2) is 0 Å². The van der Waals surface area contributed by atoms with Gasteiger partial charge in [-0.3, -0.25) is 0 Å². The van der Waals surface area contributed by atoms with Crippen molar-refractivity contribution in [3.8, 4) is 0 Å². The van der Waals surface area contributed by atoms with Gasteiger partial charge in [-0.1, -0.05) is 0 Å². The number of carbonyl (C=O) groups excluding carboxylic acids is 1. The highest BCUT2D eigenvalue weighted by molar-refractivity contribution is 5.73. The third kappa shape index (κ3) is 4.96. The number of aliphatic hydroxyl groups excluding tert-OH is 1. The SMILES string of the molecule is CC(O)CC(C)NC(=O)N(C)C. The van der Waals surface area contributed by atoms with Gasteiger partial charge in [0.1, 0.15) is 0 Å². The average Bonchev–Trinajstić information content (AvgIpc) is 1.84. The molecule has 0 aliphatic heterocycles. The van der Waals surface area contributed by atoms with Crippen LogP contribution in [0.15, 0.2) is 0 Å². The molecule has 0 radical (unpaired) electrons. The van der Waals surface area contributed by atoms with Crippen LogP contribution in [0.25, 0.3) is 0 Å². The molecule has 0 spiro atoms. The number of aliphatic hydroxyl groups is 1. The lowest BCUT2D eigenvalue weighted by atomic mass is 10.2. The molecule has 4 nitrogen and oxygen atoms in total. The van der Waals surface area contributed by atoms with Crippen LogP contribution in [0.2, 0.25) is 0 Å². The molecule has 0 aromatic heterocycles. The van der Waals surface area contributed by atoms with E-state index in [-0.39, 0.29) is 18.2 Å². The molecule has 2 atom stereocenters. The summed E-state index contributed by atoms with van der Waals surface area (Å²) >= 11 is 0. The van der Waals surface area contributed by atoms with E-state index < -0.39 is 0 Å². The largest absolute Gasteiger partial charge is 0.393 e. The number of urea groups is 1. The predicted molar refractivity (Wildman–Crippen MR) is 48.0 cm³/mol. The first kappa shape index (κ1) is 11.2. The van der Waals surface area contributed by atoms with E-state index in [0.717, 1.165) is 0 Å². The molecule has 0 aromatic carbocycles. The molecule has 0 aliphatic carbocycles. The van der Waals surface area contributed by atoms with E-state index in [9.17, 15) is 4.79 Å². The Hall–Kier alpha value is -0.770. The molecular formula is C8H18N2O2. The summed E-state index contributed by atoms with van der Waals surface area (Å²) in [5.41, 5.74) is 0. The van der Waals surface area contributed by atoms with Crippen LogP contribution in [0.4, 0.5) is 4.79 Å². The summed E-state index contributed by atoms with van der Waals surface area (Å²) in [6.07, 6.45) is 0.210. The second-order valence-corrected chi connectivity index (χ2v) is 3.33. The van der Waals surface area contributed by atoms with Crippen LogP contribution in [-0.2, 0) is 0 Å². The van der Waals surface area contributed by atoms with E-state index in [1.165, 1.54) is 4.90 Å². The zero-order chi connectivity index (χ0) is 9.72. The maximum Gasteiger partial charge on any atom is 0.317 e. The molecule has 0 bridgehead atoms. The number of hydrogen-bond donors (Lipinski definition) is 2. The number of carbonyl (C=O) groups is 1. The van der Waals surface area contributed by atoms with E-state index >= 15 is 0 Å². The first-order chi connectivity index (χ1) is 5.43. The smallest absolute Gasteiger partial charge is 0.317 e. The van der Waals surface area contributed by atoms with Gasteiger partial charge in [-0.25, -0.2) is 4.79 Å². The van der Waals surface area contributed by atoms with Crippen LogP contribution in [0.5, 0.6) is 0 Å². The van der Waals surface area contributed by atoms with Gasteiger partial charge in [0.2, 0.25) is 0 Å². The fourth-order valence-electron chi connectivity index (χ4n) is 0.910. The summed E-state index contributed by atoms with van der Waals surface area (Å²) < 4.78 is 0. The third-order valence-electron chi connectivity index (χ3n) is 1.47. The van der Waals surface area contributed by atoms with Gasteiger partial charge in [-0.2, -0.15) is 0 Å². The molecule has 0 rings (SSSR count).